The molecule has 2 N–H and O–H groups in total. The van der Waals surface area contributed by atoms with E-state index in [9.17, 15) is 4.79 Å². The molecule has 0 aliphatic rings. The van der Waals surface area contributed by atoms with E-state index in [2.05, 4.69) is 5.10 Å². The van der Waals surface area contributed by atoms with Gasteiger partial charge < -0.3 is 10.5 Å². The van der Waals surface area contributed by atoms with Crippen molar-refractivity contribution in [3.63, 3.8) is 0 Å². The minimum Gasteiger partial charge on any atom is -0.465 e. The highest BCUT2D eigenvalue weighted by Gasteiger charge is 2.15. The molecule has 21 heavy (non-hydrogen) atoms. The SMILES string of the molecule is CCOC(=O)C(N)Cc1cccc(-n2nc(C)cc2C)c1. The molecule has 112 valence electrons. The first-order valence-electron chi connectivity index (χ1n) is 7.06. The van der Waals surface area contributed by atoms with E-state index in [0.29, 0.717) is 13.0 Å². The van der Waals surface area contributed by atoms with E-state index in [-0.39, 0.29) is 5.97 Å². The smallest absolute Gasteiger partial charge is 0.323 e. The van der Waals surface area contributed by atoms with Crippen LogP contribution in [-0.4, -0.2) is 28.4 Å². The first-order valence-corrected chi connectivity index (χ1v) is 7.06. The second kappa shape index (κ2) is 6.54. The van der Waals surface area contributed by atoms with Crippen LogP contribution in [0.4, 0.5) is 0 Å². The Kier molecular flexibility index (Phi) is 4.75. The van der Waals surface area contributed by atoms with E-state index < -0.39 is 6.04 Å². The van der Waals surface area contributed by atoms with Crippen molar-refractivity contribution in [1.29, 1.82) is 0 Å². The van der Waals surface area contributed by atoms with Gasteiger partial charge in [-0.05, 0) is 51.0 Å². The molecule has 1 heterocycles. The zero-order chi connectivity index (χ0) is 15.4. The number of ether oxygens (including phenoxy) is 1. The summed E-state index contributed by atoms with van der Waals surface area (Å²) in [5, 5.41) is 4.46. The third-order valence-electron chi connectivity index (χ3n) is 3.21. The summed E-state index contributed by atoms with van der Waals surface area (Å²) in [5.74, 6) is -0.367. The molecule has 0 bridgehead atoms. The monoisotopic (exact) mass is 287 g/mol. The lowest BCUT2D eigenvalue weighted by molar-refractivity contribution is -0.144. The van der Waals surface area contributed by atoms with Crippen LogP contribution in [0.1, 0.15) is 23.9 Å². The van der Waals surface area contributed by atoms with Crippen molar-refractivity contribution in [2.45, 2.75) is 33.2 Å². The lowest BCUT2D eigenvalue weighted by Gasteiger charge is -2.12. The maximum absolute atomic E-state index is 11.6. The van der Waals surface area contributed by atoms with Gasteiger partial charge in [0.05, 0.1) is 18.0 Å². The van der Waals surface area contributed by atoms with Crippen molar-refractivity contribution in [3.05, 3.63) is 47.3 Å². The molecule has 0 saturated heterocycles. The van der Waals surface area contributed by atoms with Crippen LogP contribution in [0.5, 0.6) is 0 Å². The molecule has 0 amide bonds. The second-order valence-electron chi connectivity index (χ2n) is 5.07. The number of carbonyl (C=O) groups excluding carboxylic acids is 1. The number of aryl methyl sites for hydroxylation is 2. The highest BCUT2D eigenvalue weighted by Crippen LogP contribution is 2.15. The number of hydrogen-bond acceptors (Lipinski definition) is 4. The van der Waals surface area contributed by atoms with Crippen LogP contribution in [0.25, 0.3) is 5.69 Å². The Bertz CT molecular complexity index is 634. The van der Waals surface area contributed by atoms with Crippen LogP contribution in [0.3, 0.4) is 0 Å². The number of nitrogens with zero attached hydrogens (tertiary/aromatic N) is 2. The highest BCUT2D eigenvalue weighted by molar-refractivity contribution is 5.75. The summed E-state index contributed by atoms with van der Waals surface area (Å²) in [6.45, 7) is 6.09. The molecular formula is C16H21N3O2. The first-order chi connectivity index (χ1) is 10.0. The summed E-state index contributed by atoms with van der Waals surface area (Å²) in [4.78, 5) is 11.6. The third-order valence-corrected chi connectivity index (χ3v) is 3.21. The Balaban J connectivity index is 2.18. The number of hydrogen-bond donors (Lipinski definition) is 1. The molecule has 0 radical (unpaired) electrons. The van der Waals surface area contributed by atoms with Crippen LogP contribution in [0, 0.1) is 13.8 Å². The summed E-state index contributed by atoms with van der Waals surface area (Å²) < 4.78 is 6.82. The minimum absolute atomic E-state index is 0.346. The normalized spacial score (nSPS) is 12.2. The molecule has 0 fully saturated rings. The van der Waals surface area contributed by atoms with Crippen LogP contribution in [-0.2, 0) is 16.0 Å². The van der Waals surface area contributed by atoms with Crippen molar-refractivity contribution in [2.75, 3.05) is 6.61 Å². The fraction of sp³-hybridized carbons (Fsp3) is 0.375. The van der Waals surface area contributed by atoms with E-state index >= 15 is 0 Å². The molecule has 2 rings (SSSR count). The van der Waals surface area contributed by atoms with Gasteiger partial charge in [0.15, 0.2) is 0 Å². The molecular weight excluding hydrogens is 266 g/mol. The Hall–Kier alpha value is -2.14. The number of carbonyl (C=O) groups is 1. The molecule has 2 aromatic rings. The van der Waals surface area contributed by atoms with E-state index in [0.717, 1.165) is 22.6 Å². The Morgan fingerprint density at radius 2 is 2.14 bits per heavy atom. The van der Waals surface area contributed by atoms with Gasteiger partial charge in [0.25, 0.3) is 0 Å². The highest BCUT2D eigenvalue weighted by atomic mass is 16.5. The van der Waals surface area contributed by atoms with Crippen LogP contribution < -0.4 is 5.73 Å². The number of aromatic nitrogens is 2. The lowest BCUT2D eigenvalue weighted by atomic mass is 10.1. The van der Waals surface area contributed by atoms with Gasteiger partial charge in [0.2, 0.25) is 0 Å². The largest absolute Gasteiger partial charge is 0.465 e. The van der Waals surface area contributed by atoms with Crippen LogP contribution in [0.15, 0.2) is 30.3 Å². The average molecular weight is 287 g/mol. The minimum atomic E-state index is -0.638. The maximum atomic E-state index is 11.6. The van der Waals surface area contributed by atoms with Gasteiger partial charge in [-0.2, -0.15) is 5.10 Å². The number of rotatable bonds is 5. The zero-order valence-corrected chi connectivity index (χ0v) is 12.7. The zero-order valence-electron chi connectivity index (χ0n) is 12.7. The first kappa shape index (κ1) is 15.3. The lowest BCUT2D eigenvalue weighted by Crippen LogP contribution is -2.34. The summed E-state index contributed by atoms with van der Waals surface area (Å²) in [6, 6.07) is 9.27. The van der Waals surface area contributed by atoms with Crippen molar-refractivity contribution < 1.29 is 9.53 Å². The van der Waals surface area contributed by atoms with Gasteiger partial charge >= 0.3 is 5.97 Å². The molecule has 1 aromatic carbocycles. The van der Waals surface area contributed by atoms with E-state index in [4.69, 9.17) is 10.5 Å². The van der Waals surface area contributed by atoms with E-state index in [1.54, 1.807) is 6.92 Å². The topological polar surface area (TPSA) is 70.1 Å². The van der Waals surface area contributed by atoms with Gasteiger partial charge in [0.1, 0.15) is 6.04 Å². The molecule has 0 aliphatic carbocycles. The number of benzene rings is 1. The van der Waals surface area contributed by atoms with Crippen molar-refractivity contribution in [3.8, 4) is 5.69 Å². The molecule has 5 heteroatoms. The predicted octanol–water partition coefficient (Wildman–Crippen LogP) is 1.92. The fourth-order valence-electron chi connectivity index (χ4n) is 2.29. The van der Waals surface area contributed by atoms with Crippen molar-refractivity contribution in [1.82, 2.24) is 9.78 Å². The summed E-state index contributed by atoms with van der Waals surface area (Å²) in [7, 11) is 0. The average Bonchev–Trinajstić information content (AvgIpc) is 2.78. The van der Waals surface area contributed by atoms with Gasteiger partial charge in [0, 0.05) is 5.69 Å². The van der Waals surface area contributed by atoms with E-state index in [1.807, 2.05) is 48.9 Å². The quantitative estimate of drug-likeness (QED) is 0.853. The molecule has 0 spiro atoms. The molecule has 1 atom stereocenters. The molecule has 0 saturated carbocycles. The molecule has 1 unspecified atom stereocenters. The van der Waals surface area contributed by atoms with Crippen molar-refractivity contribution >= 4 is 5.97 Å². The number of nitrogens with two attached hydrogens (primary N) is 1. The summed E-state index contributed by atoms with van der Waals surface area (Å²) >= 11 is 0. The summed E-state index contributed by atoms with van der Waals surface area (Å²) in [6.07, 6.45) is 0.450. The van der Waals surface area contributed by atoms with Crippen LogP contribution in [0.2, 0.25) is 0 Å². The Morgan fingerprint density at radius 3 is 2.76 bits per heavy atom. The Morgan fingerprint density at radius 1 is 1.38 bits per heavy atom. The molecule has 5 nitrogen and oxygen atoms in total. The Labute approximate surface area is 124 Å². The van der Waals surface area contributed by atoms with Gasteiger partial charge in [-0.15, -0.1) is 0 Å². The standard InChI is InChI=1S/C16H21N3O2/c1-4-21-16(20)15(17)10-13-6-5-7-14(9-13)19-12(3)8-11(2)18-19/h5-9,15H,4,10,17H2,1-3H3. The molecule has 1 aromatic heterocycles. The van der Waals surface area contributed by atoms with E-state index in [1.165, 1.54) is 0 Å². The summed E-state index contributed by atoms with van der Waals surface area (Å²) in [5.41, 5.74) is 9.86. The van der Waals surface area contributed by atoms with Gasteiger partial charge in [-0.1, -0.05) is 12.1 Å². The van der Waals surface area contributed by atoms with Gasteiger partial charge in [-0.25, -0.2) is 4.68 Å². The van der Waals surface area contributed by atoms with Crippen LogP contribution >= 0.6 is 0 Å². The third kappa shape index (κ3) is 3.70. The van der Waals surface area contributed by atoms with Crippen molar-refractivity contribution in [2.24, 2.45) is 5.73 Å². The predicted molar refractivity (Wildman–Crippen MR) is 81.4 cm³/mol. The fourth-order valence-corrected chi connectivity index (χ4v) is 2.29. The maximum Gasteiger partial charge on any atom is 0.323 e. The second-order valence-corrected chi connectivity index (χ2v) is 5.07. The number of esters is 1. The molecule has 0 aliphatic heterocycles. The van der Waals surface area contributed by atoms with Gasteiger partial charge in [-0.3, -0.25) is 4.79 Å².